The average Bonchev–Trinajstić information content (AvgIpc) is 2.62. The van der Waals surface area contributed by atoms with Gasteiger partial charge in [0, 0.05) is 12.6 Å². The second-order valence-corrected chi connectivity index (χ2v) is 8.10. The van der Waals surface area contributed by atoms with Gasteiger partial charge in [0.25, 0.3) is 0 Å². The minimum atomic E-state index is -3.44. The molecule has 3 N–H and O–H groups in total. The first kappa shape index (κ1) is 17.1. The van der Waals surface area contributed by atoms with Gasteiger partial charge in [-0.25, -0.2) is 13.1 Å². The molecule has 0 saturated heterocycles. The van der Waals surface area contributed by atoms with Gasteiger partial charge in [0.2, 0.25) is 10.0 Å². The van der Waals surface area contributed by atoms with Crippen LogP contribution in [0.3, 0.4) is 0 Å². The third-order valence-electron chi connectivity index (χ3n) is 4.59. The van der Waals surface area contributed by atoms with Crippen molar-refractivity contribution in [1.29, 1.82) is 0 Å². The van der Waals surface area contributed by atoms with Crippen molar-refractivity contribution in [2.24, 2.45) is 5.73 Å². The van der Waals surface area contributed by atoms with Gasteiger partial charge in [-0.05, 0) is 47.7 Å². The minimum Gasteiger partial charge on any atom is -0.326 e. The number of hydrogen-bond acceptors (Lipinski definition) is 3. The highest BCUT2D eigenvalue weighted by Crippen LogP contribution is 2.24. The summed E-state index contributed by atoms with van der Waals surface area (Å²) in [4.78, 5) is 0.326. The lowest BCUT2D eigenvalue weighted by Crippen LogP contribution is -2.36. The van der Waals surface area contributed by atoms with Crippen LogP contribution in [0.1, 0.15) is 37.7 Å². The molecule has 0 aliphatic heterocycles. The molecule has 1 aliphatic carbocycles. The van der Waals surface area contributed by atoms with Crippen LogP contribution in [0.5, 0.6) is 0 Å². The SMILES string of the molecule is NCc1cccc(-c2ccc(S(=O)(=O)NC3CCCCC3)cc2)c1. The van der Waals surface area contributed by atoms with Gasteiger partial charge < -0.3 is 5.73 Å². The lowest BCUT2D eigenvalue weighted by molar-refractivity contribution is 0.412. The summed E-state index contributed by atoms with van der Waals surface area (Å²) in [6.45, 7) is 0.492. The number of hydrogen-bond donors (Lipinski definition) is 2. The molecule has 24 heavy (non-hydrogen) atoms. The number of sulfonamides is 1. The van der Waals surface area contributed by atoms with E-state index in [9.17, 15) is 8.42 Å². The fourth-order valence-corrected chi connectivity index (χ4v) is 4.52. The topological polar surface area (TPSA) is 72.2 Å². The van der Waals surface area contributed by atoms with Crippen LogP contribution in [-0.2, 0) is 16.6 Å². The lowest BCUT2D eigenvalue weighted by atomic mass is 9.96. The van der Waals surface area contributed by atoms with Crippen LogP contribution in [0.2, 0.25) is 0 Å². The predicted octanol–water partition coefficient (Wildman–Crippen LogP) is 3.42. The van der Waals surface area contributed by atoms with Crippen molar-refractivity contribution in [2.75, 3.05) is 0 Å². The maximum Gasteiger partial charge on any atom is 0.240 e. The van der Waals surface area contributed by atoms with Gasteiger partial charge in [-0.2, -0.15) is 0 Å². The van der Waals surface area contributed by atoms with Crippen molar-refractivity contribution >= 4 is 10.0 Å². The van der Waals surface area contributed by atoms with E-state index in [0.717, 1.165) is 42.4 Å². The van der Waals surface area contributed by atoms with Gasteiger partial charge >= 0.3 is 0 Å². The van der Waals surface area contributed by atoms with E-state index in [1.165, 1.54) is 6.42 Å². The summed E-state index contributed by atoms with van der Waals surface area (Å²) in [6, 6.07) is 15.1. The summed E-state index contributed by atoms with van der Waals surface area (Å²) >= 11 is 0. The summed E-state index contributed by atoms with van der Waals surface area (Å²) in [5.74, 6) is 0. The highest BCUT2D eigenvalue weighted by molar-refractivity contribution is 7.89. The van der Waals surface area contributed by atoms with Crippen LogP contribution in [0, 0.1) is 0 Å². The van der Waals surface area contributed by atoms with Crippen LogP contribution in [0.15, 0.2) is 53.4 Å². The molecule has 0 heterocycles. The first-order valence-corrected chi connectivity index (χ1v) is 9.98. The third-order valence-corrected chi connectivity index (χ3v) is 6.12. The molecule has 2 aromatic rings. The molecule has 1 aliphatic rings. The van der Waals surface area contributed by atoms with E-state index < -0.39 is 10.0 Å². The molecule has 0 spiro atoms. The third kappa shape index (κ3) is 4.04. The average molecular weight is 344 g/mol. The Morgan fingerprint density at radius 2 is 1.67 bits per heavy atom. The normalized spacial score (nSPS) is 16.2. The summed E-state index contributed by atoms with van der Waals surface area (Å²) < 4.78 is 27.9. The number of rotatable bonds is 5. The Bertz CT molecular complexity index is 779. The molecule has 0 atom stereocenters. The molecule has 0 aromatic heterocycles. The summed E-state index contributed by atoms with van der Waals surface area (Å²) in [6.07, 6.45) is 5.27. The maximum absolute atomic E-state index is 12.5. The molecule has 128 valence electrons. The summed E-state index contributed by atoms with van der Waals surface area (Å²) in [5.41, 5.74) is 8.77. The zero-order valence-corrected chi connectivity index (χ0v) is 14.6. The van der Waals surface area contributed by atoms with E-state index in [-0.39, 0.29) is 6.04 Å². The second-order valence-electron chi connectivity index (χ2n) is 6.39. The van der Waals surface area contributed by atoms with Crippen molar-refractivity contribution in [3.8, 4) is 11.1 Å². The lowest BCUT2D eigenvalue weighted by Gasteiger charge is -2.22. The molecule has 1 fully saturated rings. The first-order chi connectivity index (χ1) is 11.6. The van der Waals surface area contributed by atoms with Crippen molar-refractivity contribution < 1.29 is 8.42 Å². The fraction of sp³-hybridized carbons (Fsp3) is 0.368. The van der Waals surface area contributed by atoms with Gasteiger partial charge in [-0.3, -0.25) is 0 Å². The standard InChI is InChI=1S/C19H24N2O2S/c20-14-15-5-4-6-17(13-15)16-9-11-19(12-10-16)24(22,23)21-18-7-2-1-3-8-18/h4-6,9-13,18,21H,1-3,7-8,14,20H2. The number of nitrogens with one attached hydrogen (secondary N) is 1. The largest absolute Gasteiger partial charge is 0.326 e. The number of benzene rings is 2. The smallest absolute Gasteiger partial charge is 0.240 e. The van der Waals surface area contributed by atoms with Gasteiger partial charge in [-0.15, -0.1) is 0 Å². The summed E-state index contributed by atoms with van der Waals surface area (Å²) in [7, 11) is -3.44. The highest BCUT2D eigenvalue weighted by Gasteiger charge is 2.21. The Hall–Kier alpha value is -1.69. The van der Waals surface area contributed by atoms with E-state index in [0.29, 0.717) is 11.4 Å². The van der Waals surface area contributed by atoms with Gasteiger partial charge in [-0.1, -0.05) is 49.6 Å². The Morgan fingerprint density at radius 1 is 0.958 bits per heavy atom. The monoisotopic (exact) mass is 344 g/mol. The van der Waals surface area contributed by atoms with E-state index in [2.05, 4.69) is 4.72 Å². The predicted molar refractivity (Wildman–Crippen MR) is 97.0 cm³/mol. The Morgan fingerprint density at radius 3 is 2.33 bits per heavy atom. The van der Waals surface area contributed by atoms with Crippen molar-refractivity contribution in [2.45, 2.75) is 49.6 Å². The Kier molecular flexibility index (Phi) is 5.33. The molecule has 2 aromatic carbocycles. The molecule has 4 nitrogen and oxygen atoms in total. The molecule has 5 heteroatoms. The van der Waals surface area contributed by atoms with E-state index >= 15 is 0 Å². The molecular formula is C19H24N2O2S. The van der Waals surface area contributed by atoms with E-state index in [4.69, 9.17) is 5.73 Å². The molecular weight excluding hydrogens is 320 g/mol. The van der Waals surface area contributed by atoms with Crippen LogP contribution in [-0.4, -0.2) is 14.5 Å². The molecule has 0 bridgehead atoms. The molecule has 0 unspecified atom stereocenters. The summed E-state index contributed by atoms with van der Waals surface area (Å²) in [5, 5.41) is 0. The van der Waals surface area contributed by atoms with Gasteiger partial charge in [0.15, 0.2) is 0 Å². The van der Waals surface area contributed by atoms with Crippen LogP contribution in [0.25, 0.3) is 11.1 Å². The van der Waals surface area contributed by atoms with Crippen molar-refractivity contribution in [3.63, 3.8) is 0 Å². The Labute approximate surface area is 144 Å². The zero-order valence-electron chi connectivity index (χ0n) is 13.7. The maximum atomic E-state index is 12.5. The minimum absolute atomic E-state index is 0.0738. The Balaban J connectivity index is 1.77. The van der Waals surface area contributed by atoms with Gasteiger partial charge in [0.05, 0.1) is 4.90 Å². The molecule has 0 radical (unpaired) electrons. The second kappa shape index (κ2) is 7.47. The zero-order chi connectivity index (χ0) is 17.0. The van der Waals surface area contributed by atoms with Crippen molar-refractivity contribution in [1.82, 2.24) is 4.72 Å². The van der Waals surface area contributed by atoms with Gasteiger partial charge in [0.1, 0.15) is 0 Å². The first-order valence-electron chi connectivity index (χ1n) is 8.50. The van der Waals surface area contributed by atoms with E-state index in [1.807, 2.05) is 36.4 Å². The van der Waals surface area contributed by atoms with Crippen LogP contribution in [0.4, 0.5) is 0 Å². The number of nitrogens with two attached hydrogens (primary N) is 1. The highest BCUT2D eigenvalue weighted by atomic mass is 32.2. The fourth-order valence-electron chi connectivity index (χ4n) is 3.21. The van der Waals surface area contributed by atoms with E-state index in [1.54, 1.807) is 12.1 Å². The van der Waals surface area contributed by atoms with Crippen LogP contribution < -0.4 is 10.5 Å². The van der Waals surface area contributed by atoms with Crippen molar-refractivity contribution in [3.05, 3.63) is 54.1 Å². The molecule has 1 saturated carbocycles. The molecule has 3 rings (SSSR count). The van der Waals surface area contributed by atoms with Crippen LogP contribution >= 0.6 is 0 Å². The quantitative estimate of drug-likeness (QED) is 0.873. The molecule has 0 amide bonds.